The molecule has 2 aromatic carbocycles. The van der Waals surface area contributed by atoms with Gasteiger partial charge in [0.05, 0.1) is 10.6 Å². The summed E-state index contributed by atoms with van der Waals surface area (Å²) in [6.45, 7) is 0.391. The maximum atomic E-state index is 12.5. The highest BCUT2D eigenvalue weighted by atomic mass is 32.2. The number of nitrogens with two attached hydrogens (primary N) is 1. The number of sulfonamides is 1. The average Bonchev–Trinajstić information content (AvgIpc) is 3.43. The SMILES string of the molecule is NS(=O)(=O)Nc1cccc(NC(=O)c2cccc(S(=O)(=O)NCC3CC3)c2)c1. The first-order valence-electron chi connectivity index (χ1n) is 8.44. The molecule has 0 aromatic heterocycles. The minimum absolute atomic E-state index is 0.00504. The minimum Gasteiger partial charge on any atom is -0.322 e. The number of hydrogen-bond acceptors (Lipinski definition) is 5. The lowest BCUT2D eigenvalue weighted by atomic mass is 10.2. The van der Waals surface area contributed by atoms with E-state index in [9.17, 15) is 21.6 Å². The van der Waals surface area contributed by atoms with Crippen LogP contribution in [0.2, 0.25) is 0 Å². The van der Waals surface area contributed by atoms with Gasteiger partial charge in [0, 0.05) is 17.8 Å². The van der Waals surface area contributed by atoms with Crippen LogP contribution in [0, 0.1) is 5.92 Å². The molecular weight excluding hydrogens is 404 g/mol. The van der Waals surface area contributed by atoms with Gasteiger partial charge in [0.2, 0.25) is 10.0 Å². The molecule has 0 aliphatic heterocycles. The maximum absolute atomic E-state index is 12.5. The van der Waals surface area contributed by atoms with E-state index in [2.05, 4.69) is 14.8 Å². The predicted molar refractivity (Wildman–Crippen MR) is 105 cm³/mol. The molecule has 0 saturated heterocycles. The summed E-state index contributed by atoms with van der Waals surface area (Å²) in [5, 5.41) is 7.52. The van der Waals surface area contributed by atoms with Gasteiger partial charge < -0.3 is 5.32 Å². The van der Waals surface area contributed by atoms with Crippen molar-refractivity contribution in [3.05, 3.63) is 54.1 Å². The first-order chi connectivity index (χ1) is 13.1. The summed E-state index contributed by atoms with van der Waals surface area (Å²) in [7, 11) is -7.63. The Morgan fingerprint density at radius 1 is 1.00 bits per heavy atom. The summed E-state index contributed by atoms with van der Waals surface area (Å²) in [5.74, 6) is -0.147. The van der Waals surface area contributed by atoms with Crippen molar-refractivity contribution in [1.29, 1.82) is 0 Å². The molecule has 0 heterocycles. The number of nitrogens with one attached hydrogen (secondary N) is 3. The fourth-order valence-corrected chi connectivity index (χ4v) is 4.08. The molecule has 0 atom stereocenters. The van der Waals surface area contributed by atoms with Gasteiger partial charge in [-0.15, -0.1) is 0 Å². The number of benzene rings is 2. The normalized spacial score (nSPS) is 14.5. The molecule has 5 N–H and O–H groups in total. The van der Waals surface area contributed by atoms with Crippen LogP contribution >= 0.6 is 0 Å². The number of anilines is 2. The molecule has 0 spiro atoms. The monoisotopic (exact) mass is 424 g/mol. The smallest absolute Gasteiger partial charge is 0.296 e. The van der Waals surface area contributed by atoms with Crippen LogP contribution in [0.4, 0.5) is 11.4 Å². The van der Waals surface area contributed by atoms with Gasteiger partial charge in [0.1, 0.15) is 0 Å². The van der Waals surface area contributed by atoms with Crippen LogP contribution in [0.25, 0.3) is 0 Å². The van der Waals surface area contributed by atoms with E-state index in [1.54, 1.807) is 6.07 Å². The minimum atomic E-state index is -3.94. The van der Waals surface area contributed by atoms with Gasteiger partial charge in [0.25, 0.3) is 16.1 Å². The van der Waals surface area contributed by atoms with Crippen molar-refractivity contribution in [3.8, 4) is 0 Å². The number of amides is 1. The van der Waals surface area contributed by atoms with Crippen molar-refractivity contribution >= 4 is 37.5 Å². The molecule has 0 unspecified atom stereocenters. The third-order valence-corrected chi connectivity index (χ3v) is 5.99. The molecule has 0 radical (unpaired) electrons. The fraction of sp³-hybridized carbons (Fsp3) is 0.235. The van der Waals surface area contributed by atoms with Gasteiger partial charge in [-0.1, -0.05) is 12.1 Å². The molecule has 0 bridgehead atoms. The van der Waals surface area contributed by atoms with E-state index in [0.29, 0.717) is 18.2 Å². The molecule has 1 amide bonds. The Labute approximate surface area is 163 Å². The molecule has 1 saturated carbocycles. The van der Waals surface area contributed by atoms with Crippen LogP contribution in [0.1, 0.15) is 23.2 Å². The van der Waals surface area contributed by atoms with Crippen molar-refractivity contribution < 1.29 is 21.6 Å². The average molecular weight is 425 g/mol. The van der Waals surface area contributed by atoms with Crippen LogP contribution in [0.3, 0.4) is 0 Å². The van der Waals surface area contributed by atoms with Gasteiger partial charge in [-0.2, -0.15) is 8.42 Å². The predicted octanol–water partition coefficient (Wildman–Crippen LogP) is 1.24. The zero-order valence-electron chi connectivity index (χ0n) is 14.8. The molecule has 1 fully saturated rings. The first kappa shape index (κ1) is 20.3. The summed E-state index contributed by atoms with van der Waals surface area (Å²) >= 11 is 0. The first-order valence-corrected chi connectivity index (χ1v) is 11.5. The summed E-state index contributed by atoms with van der Waals surface area (Å²) < 4.78 is 51.6. The van der Waals surface area contributed by atoms with E-state index in [1.165, 1.54) is 42.5 Å². The van der Waals surface area contributed by atoms with Crippen LogP contribution in [-0.2, 0) is 20.2 Å². The van der Waals surface area contributed by atoms with Crippen LogP contribution in [-0.4, -0.2) is 29.3 Å². The van der Waals surface area contributed by atoms with Gasteiger partial charge in [0.15, 0.2) is 0 Å². The molecule has 1 aliphatic carbocycles. The molecule has 9 nitrogen and oxygen atoms in total. The van der Waals surface area contributed by atoms with Gasteiger partial charge in [-0.05, 0) is 55.2 Å². The molecule has 28 heavy (non-hydrogen) atoms. The van der Waals surface area contributed by atoms with E-state index >= 15 is 0 Å². The number of carbonyl (C=O) groups excluding carboxylic acids is 1. The van der Waals surface area contributed by atoms with Crippen LogP contribution < -0.4 is 19.9 Å². The number of carbonyl (C=O) groups is 1. The molecule has 3 rings (SSSR count). The van der Waals surface area contributed by atoms with Crippen molar-refractivity contribution in [3.63, 3.8) is 0 Å². The fourth-order valence-electron chi connectivity index (χ4n) is 2.47. The second-order valence-electron chi connectivity index (χ2n) is 6.51. The Hall–Kier alpha value is -2.47. The Kier molecular flexibility index (Phi) is 5.70. The topological polar surface area (TPSA) is 147 Å². The number of hydrogen-bond donors (Lipinski definition) is 4. The van der Waals surface area contributed by atoms with E-state index in [0.717, 1.165) is 12.8 Å². The largest absolute Gasteiger partial charge is 0.322 e. The maximum Gasteiger partial charge on any atom is 0.296 e. The van der Waals surface area contributed by atoms with Crippen molar-refractivity contribution in [2.45, 2.75) is 17.7 Å². The lowest BCUT2D eigenvalue weighted by Gasteiger charge is -2.10. The summed E-state index contributed by atoms with van der Waals surface area (Å²) in [6, 6.07) is 11.6. The number of rotatable bonds is 8. The van der Waals surface area contributed by atoms with Gasteiger partial charge >= 0.3 is 0 Å². The molecule has 11 heteroatoms. The Balaban J connectivity index is 1.73. The zero-order chi connectivity index (χ0) is 20.4. The highest BCUT2D eigenvalue weighted by molar-refractivity contribution is 7.90. The lowest BCUT2D eigenvalue weighted by Crippen LogP contribution is -2.26. The van der Waals surface area contributed by atoms with Crippen LogP contribution in [0.5, 0.6) is 0 Å². The van der Waals surface area contributed by atoms with E-state index in [-0.39, 0.29) is 16.1 Å². The molecular formula is C17H20N4O5S2. The van der Waals surface area contributed by atoms with Crippen molar-refractivity contribution in [2.24, 2.45) is 11.1 Å². The third-order valence-electron chi connectivity index (χ3n) is 4.05. The molecule has 150 valence electrons. The van der Waals surface area contributed by atoms with E-state index < -0.39 is 26.1 Å². The summed E-state index contributed by atoms with van der Waals surface area (Å²) in [6.07, 6.45) is 2.04. The van der Waals surface area contributed by atoms with Crippen molar-refractivity contribution in [2.75, 3.05) is 16.6 Å². The third kappa shape index (κ3) is 5.76. The van der Waals surface area contributed by atoms with E-state index in [1.807, 2.05) is 0 Å². The second-order valence-corrected chi connectivity index (χ2v) is 9.57. The van der Waals surface area contributed by atoms with Crippen molar-refractivity contribution in [1.82, 2.24) is 4.72 Å². The highest BCUT2D eigenvalue weighted by Crippen LogP contribution is 2.28. The standard InChI is InChI=1S/C17H20N4O5S2/c18-28(25,26)21-15-5-2-4-14(10-15)20-17(22)13-3-1-6-16(9-13)27(23,24)19-11-12-7-8-12/h1-6,9-10,12,19,21H,7-8,11H2,(H,20,22)(H2,18,25,26). The van der Waals surface area contributed by atoms with Crippen LogP contribution in [0.15, 0.2) is 53.4 Å². The van der Waals surface area contributed by atoms with Gasteiger partial charge in [-0.3, -0.25) is 9.52 Å². The Morgan fingerprint density at radius 2 is 1.68 bits per heavy atom. The quantitative estimate of drug-likeness (QED) is 0.503. The summed E-state index contributed by atoms with van der Waals surface area (Å²) in [4.78, 5) is 12.5. The Morgan fingerprint density at radius 3 is 2.36 bits per heavy atom. The Bertz CT molecular complexity index is 1100. The second kappa shape index (κ2) is 7.87. The highest BCUT2D eigenvalue weighted by Gasteiger charge is 2.24. The molecule has 2 aromatic rings. The van der Waals surface area contributed by atoms with E-state index in [4.69, 9.17) is 5.14 Å². The zero-order valence-corrected chi connectivity index (χ0v) is 16.4. The molecule has 1 aliphatic rings. The lowest BCUT2D eigenvalue weighted by molar-refractivity contribution is 0.102. The van der Waals surface area contributed by atoms with Gasteiger partial charge in [-0.25, -0.2) is 18.3 Å². The summed E-state index contributed by atoms with van der Waals surface area (Å²) in [5.41, 5.74) is 0.652.